The first-order chi connectivity index (χ1) is 10.0. The summed E-state index contributed by atoms with van der Waals surface area (Å²) in [6.07, 6.45) is 2.37. The van der Waals surface area contributed by atoms with Crippen molar-refractivity contribution in [3.8, 4) is 0 Å². The fraction of sp³-hybridized carbons (Fsp3) is 0.400. The van der Waals surface area contributed by atoms with E-state index in [1.807, 2.05) is 0 Å². The largest absolute Gasteiger partial charge is 1.00 e. The molecule has 22 heavy (non-hydrogen) atoms. The molecule has 2 rings (SSSR count). The van der Waals surface area contributed by atoms with E-state index in [0.717, 1.165) is 11.8 Å². The Bertz CT molecular complexity index is 489. The molecule has 0 amide bonds. The van der Waals surface area contributed by atoms with Gasteiger partial charge in [-0.1, -0.05) is 52.0 Å². The van der Waals surface area contributed by atoms with E-state index in [2.05, 4.69) is 76.2 Å². The second-order valence-corrected chi connectivity index (χ2v) is 9.57. The van der Waals surface area contributed by atoms with Crippen molar-refractivity contribution in [3.63, 3.8) is 0 Å². The minimum Gasteiger partial charge on any atom is -1.00 e. The lowest BCUT2D eigenvalue weighted by Crippen LogP contribution is -3.61. The van der Waals surface area contributed by atoms with Gasteiger partial charge >= 0.3 is 21.2 Å². The van der Waals surface area contributed by atoms with Crippen molar-refractivity contribution in [2.75, 3.05) is 0 Å². The predicted octanol–water partition coefficient (Wildman–Crippen LogP) is -0.784. The second-order valence-electron chi connectivity index (χ2n) is 6.54. The smallest absolute Gasteiger partial charge is 0.357 e. The first-order valence-corrected chi connectivity index (χ1v) is 10.0. The summed E-state index contributed by atoms with van der Waals surface area (Å²) in [6.45, 7) is 9.11. The Kier molecular flexibility index (Phi) is 8.70. The fourth-order valence-corrected chi connectivity index (χ4v) is 4.59. The van der Waals surface area contributed by atoms with E-state index in [0.29, 0.717) is 0 Å². The molecule has 0 aliphatic carbocycles. The Labute approximate surface area is 156 Å². The van der Waals surface area contributed by atoms with Crippen LogP contribution in [0.5, 0.6) is 0 Å². The highest BCUT2D eigenvalue weighted by Crippen LogP contribution is 2.07. The third-order valence-electron chi connectivity index (χ3n) is 3.33. The van der Waals surface area contributed by atoms with E-state index in [9.17, 15) is 0 Å². The maximum atomic E-state index is 2.33. The van der Waals surface area contributed by atoms with Crippen molar-refractivity contribution in [3.05, 3.63) is 66.8 Å². The molecule has 0 N–H and O–H groups in total. The highest BCUT2D eigenvalue weighted by molar-refractivity contribution is 5.16. The zero-order chi connectivity index (χ0) is 15.2. The summed E-state index contributed by atoms with van der Waals surface area (Å²) >= 11 is -0.0390. The summed E-state index contributed by atoms with van der Waals surface area (Å²) in [5, 5.41) is 0. The van der Waals surface area contributed by atoms with Crippen LogP contribution in [0, 0.1) is 19.0 Å². The van der Waals surface area contributed by atoms with Gasteiger partial charge in [0.25, 0.3) is 0 Å². The third kappa shape index (κ3) is 6.82. The van der Waals surface area contributed by atoms with Gasteiger partial charge in [-0.2, -0.15) is 0 Å². The summed E-state index contributed by atoms with van der Waals surface area (Å²) in [7, 11) is 0. The highest BCUT2D eigenvalue weighted by Gasteiger charge is 2.15. The van der Waals surface area contributed by atoms with Gasteiger partial charge in [-0.15, -0.1) is 0 Å². The monoisotopic (exact) mass is 472 g/mol. The van der Waals surface area contributed by atoms with E-state index in [-0.39, 0.29) is 38.2 Å². The first kappa shape index (κ1) is 19.7. The van der Waals surface area contributed by atoms with Gasteiger partial charge in [-0.25, -0.2) is 0 Å². The molecule has 0 spiro atoms. The van der Waals surface area contributed by atoms with Gasteiger partial charge < -0.3 is 17.0 Å². The maximum absolute atomic E-state index is 2.33. The third-order valence-corrected chi connectivity index (χ3v) is 6.02. The predicted molar refractivity (Wildman–Crippen MR) is 87.4 cm³/mol. The van der Waals surface area contributed by atoms with Gasteiger partial charge in [0.1, 0.15) is 0 Å². The van der Waals surface area contributed by atoms with Crippen LogP contribution in [-0.2, 0) is 12.8 Å². The molecule has 0 aromatic heterocycles. The van der Waals surface area contributed by atoms with Crippen molar-refractivity contribution in [1.82, 2.24) is 0 Å². The standard InChI is InChI=1S/C20H26I.BrH/c1-15(2)13-17-5-9-19(10-6-17)21-20-11-7-18(8-12-20)14-16(3)4;/h5-12,15-16H,13-14H2,1-4H3;1H/q+1;/p-1. The van der Waals surface area contributed by atoms with E-state index >= 15 is 0 Å². The molecule has 0 fully saturated rings. The zero-order valence-electron chi connectivity index (χ0n) is 13.9. The van der Waals surface area contributed by atoms with Crippen LogP contribution >= 0.6 is 0 Å². The molecule has 120 valence electrons. The number of hydrogen-bond acceptors (Lipinski definition) is 0. The Morgan fingerprint density at radius 2 is 0.955 bits per heavy atom. The number of hydrogen-bond donors (Lipinski definition) is 0. The Morgan fingerprint density at radius 3 is 1.23 bits per heavy atom. The van der Waals surface area contributed by atoms with Gasteiger partial charge in [-0.05, 0) is 60.1 Å². The van der Waals surface area contributed by atoms with Crippen molar-refractivity contribution in [2.45, 2.75) is 40.5 Å². The minimum atomic E-state index is -0.0390. The molecule has 0 radical (unpaired) electrons. The average molecular weight is 473 g/mol. The molecule has 2 heteroatoms. The molecule has 0 unspecified atom stereocenters. The van der Waals surface area contributed by atoms with Crippen molar-refractivity contribution >= 4 is 0 Å². The topological polar surface area (TPSA) is 0 Å². The Balaban J connectivity index is 0.00000242. The van der Waals surface area contributed by atoms with Gasteiger partial charge in [0, 0.05) is 0 Å². The van der Waals surface area contributed by atoms with E-state index < -0.39 is 0 Å². The van der Waals surface area contributed by atoms with Crippen LogP contribution in [0.4, 0.5) is 0 Å². The summed E-state index contributed by atoms with van der Waals surface area (Å²) < 4.78 is 3.02. The molecule has 0 atom stereocenters. The minimum absolute atomic E-state index is 0. The molecule has 0 aliphatic heterocycles. The molecule has 0 heterocycles. The summed E-state index contributed by atoms with van der Waals surface area (Å²) in [5.74, 6) is 1.47. The summed E-state index contributed by atoms with van der Waals surface area (Å²) in [5.41, 5.74) is 2.93. The quantitative estimate of drug-likeness (QED) is 0.484. The van der Waals surface area contributed by atoms with Crippen molar-refractivity contribution in [1.29, 1.82) is 0 Å². The number of halogens is 2. The molecule has 0 aliphatic rings. The average Bonchev–Trinajstić information content (AvgIpc) is 2.42. The molecule has 2 aromatic carbocycles. The first-order valence-electron chi connectivity index (χ1n) is 7.85. The SMILES string of the molecule is CC(C)Cc1ccc([I+]c2ccc(CC(C)C)cc2)cc1.[Br-]. The normalized spacial score (nSPS) is 10.8. The fourth-order valence-electron chi connectivity index (χ4n) is 2.44. The van der Waals surface area contributed by atoms with Crippen molar-refractivity contribution < 1.29 is 38.2 Å². The van der Waals surface area contributed by atoms with E-state index in [1.54, 1.807) is 0 Å². The lowest BCUT2D eigenvalue weighted by molar-refractivity contribution is -0.597. The lowest BCUT2D eigenvalue weighted by Gasteiger charge is -2.04. The molecule has 0 nitrogen and oxygen atoms in total. The second kappa shape index (κ2) is 9.71. The van der Waals surface area contributed by atoms with Crippen LogP contribution in [0.15, 0.2) is 48.5 Å². The molecule has 2 aromatic rings. The Morgan fingerprint density at radius 1 is 0.636 bits per heavy atom. The molecule has 0 bridgehead atoms. The van der Waals surface area contributed by atoms with Crippen LogP contribution in [-0.4, -0.2) is 0 Å². The zero-order valence-corrected chi connectivity index (χ0v) is 17.7. The number of rotatable bonds is 6. The Hall–Kier alpha value is -0.350. The van der Waals surface area contributed by atoms with Crippen LogP contribution in [0.2, 0.25) is 0 Å². The lowest BCUT2D eigenvalue weighted by atomic mass is 10.0. The molecule has 0 saturated heterocycles. The van der Waals surface area contributed by atoms with Gasteiger partial charge in [0.05, 0.1) is 0 Å². The molecular formula is C20H26BrI. The van der Waals surface area contributed by atoms with Gasteiger partial charge in [-0.3, -0.25) is 0 Å². The van der Waals surface area contributed by atoms with Crippen LogP contribution in [0.3, 0.4) is 0 Å². The van der Waals surface area contributed by atoms with Gasteiger partial charge in [0.2, 0.25) is 0 Å². The maximum Gasteiger partial charge on any atom is 0.357 e. The van der Waals surface area contributed by atoms with Crippen LogP contribution in [0.25, 0.3) is 0 Å². The number of benzene rings is 2. The summed E-state index contributed by atoms with van der Waals surface area (Å²) in [6, 6.07) is 18.5. The summed E-state index contributed by atoms with van der Waals surface area (Å²) in [4.78, 5) is 0. The van der Waals surface area contributed by atoms with Gasteiger partial charge in [0.15, 0.2) is 7.14 Å². The van der Waals surface area contributed by atoms with E-state index in [4.69, 9.17) is 0 Å². The highest BCUT2D eigenvalue weighted by atomic mass is 127. The van der Waals surface area contributed by atoms with Crippen LogP contribution in [0.1, 0.15) is 38.8 Å². The van der Waals surface area contributed by atoms with Crippen molar-refractivity contribution in [2.24, 2.45) is 11.8 Å². The molecule has 0 saturated carbocycles. The molecular weight excluding hydrogens is 447 g/mol. The van der Waals surface area contributed by atoms with E-state index in [1.165, 1.54) is 31.1 Å². The van der Waals surface area contributed by atoms with Crippen LogP contribution < -0.4 is 38.2 Å².